The van der Waals surface area contributed by atoms with Crippen LogP contribution in [0.3, 0.4) is 0 Å². The van der Waals surface area contributed by atoms with E-state index in [1.165, 1.54) is 0 Å². The van der Waals surface area contributed by atoms with Crippen molar-refractivity contribution in [1.82, 2.24) is 0 Å². The fraction of sp³-hybridized carbons (Fsp3) is 0.111. The normalized spacial score (nSPS) is 11.0. The highest BCUT2D eigenvalue weighted by molar-refractivity contribution is 9.10. The molecule has 3 nitrogen and oxygen atoms in total. The first-order valence-electron chi connectivity index (χ1n) is 3.98. The molecule has 0 unspecified atom stereocenters. The lowest BCUT2D eigenvalue weighted by Gasteiger charge is -2.09. The lowest BCUT2D eigenvalue weighted by Crippen LogP contribution is -2.03. The van der Waals surface area contributed by atoms with E-state index >= 15 is 0 Å². The zero-order valence-electron chi connectivity index (χ0n) is 7.88. The van der Waals surface area contributed by atoms with Crippen molar-refractivity contribution in [3.8, 4) is 6.07 Å². The largest absolute Gasteiger partial charge is 0.478 e. The van der Waals surface area contributed by atoms with Gasteiger partial charge in [0.25, 0.3) is 0 Å². The molecule has 0 heterocycles. The van der Waals surface area contributed by atoms with Crippen molar-refractivity contribution in [2.45, 2.75) is 10.4 Å². The standard InChI is InChI=1S/C9H3BrF3NO2S/c10-7-4(8(15)16)1-2-6(5(7)3-14)17-9(11,12)13/h1-2H,(H,15,16). The van der Waals surface area contributed by atoms with Gasteiger partial charge in [-0.25, -0.2) is 4.79 Å². The first-order valence-corrected chi connectivity index (χ1v) is 5.59. The van der Waals surface area contributed by atoms with E-state index < -0.39 is 23.2 Å². The van der Waals surface area contributed by atoms with Crippen LogP contribution < -0.4 is 0 Å². The lowest BCUT2D eigenvalue weighted by molar-refractivity contribution is -0.0328. The average Bonchev–Trinajstić information content (AvgIpc) is 2.15. The molecule has 0 aliphatic carbocycles. The van der Waals surface area contributed by atoms with Crippen LogP contribution in [0.1, 0.15) is 15.9 Å². The molecular weight excluding hydrogens is 323 g/mol. The van der Waals surface area contributed by atoms with Gasteiger partial charge in [-0.05, 0) is 39.8 Å². The van der Waals surface area contributed by atoms with Crippen LogP contribution in [0, 0.1) is 11.3 Å². The number of carboxylic acid groups (broad SMARTS) is 1. The molecule has 0 saturated carbocycles. The number of hydrogen-bond donors (Lipinski definition) is 1. The second kappa shape index (κ2) is 4.98. The number of carbonyl (C=O) groups is 1. The number of thioether (sulfide) groups is 1. The number of halogens is 4. The minimum Gasteiger partial charge on any atom is -0.478 e. The number of alkyl halides is 3. The Kier molecular flexibility index (Phi) is 4.06. The van der Waals surface area contributed by atoms with Crippen molar-refractivity contribution in [3.63, 3.8) is 0 Å². The Morgan fingerprint density at radius 1 is 1.47 bits per heavy atom. The Labute approximate surface area is 106 Å². The van der Waals surface area contributed by atoms with E-state index in [1.54, 1.807) is 6.07 Å². The van der Waals surface area contributed by atoms with E-state index in [4.69, 9.17) is 10.4 Å². The molecule has 1 rings (SSSR count). The second-order valence-electron chi connectivity index (χ2n) is 2.77. The number of hydrogen-bond acceptors (Lipinski definition) is 3. The van der Waals surface area contributed by atoms with Gasteiger partial charge in [0, 0.05) is 4.90 Å². The Bertz CT molecular complexity index is 510. The molecule has 0 amide bonds. The molecule has 8 heteroatoms. The van der Waals surface area contributed by atoms with E-state index in [1.807, 2.05) is 0 Å². The number of benzene rings is 1. The zero-order valence-corrected chi connectivity index (χ0v) is 10.3. The maximum Gasteiger partial charge on any atom is 0.446 e. The van der Waals surface area contributed by atoms with E-state index in [-0.39, 0.29) is 20.5 Å². The molecule has 0 aliphatic heterocycles. The summed E-state index contributed by atoms with van der Waals surface area (Å²) in [5.41, 5.74) is -5.13. The molecule has 0 saturated heterocycles. The molecule has 0 aliphatic rings. The van der Waals surface area contributed by atoms with E-state index in [0.29, 0.717) is 0 Å². The third-order valence-electron chi connectivity index (χ3n) is 1.67. The number of nitriles is 1. The van der Waals surface area contributed by atoms with Gasteiger partial charge in [0.2, 0.25) is 0 Å². The third kappa shape index (κ3) is 3.38. The first-order chi connectivity index (χ1) is 7.76. The van der Waals surface area contributed by atoms with E-state index in [9.17, 15) is 18.0 Å². The Morgan fingerprint density at radius 3 is 2.47 bits per heavy atom. The molecule has 0 aromatic heterocycles. The van der Waals surface area contributed by atoms with Crippen LogP contribution in [0.4, 0.5) is 13.2 Å². The van der Waals surface area contributed by atoms with Gasteiger partial charge >= 0.3 is 11.5 Å². The number of nitrogens with zero attached hydrogens (tertiary/aromatic N) is 1. The Hall–Kier alpha value is -1.20. The molecule has 90 valence electrons. The van der Waals surface area contributed by atoms with Gasteiger partial charge in [0.05, 0.1) is 15.6 Å². The Balaban J connectivity index is 3.33. The van der Waals surface area contributed by atoms with E-state index in [0.717, 1.165) is 12.1 Å². The SMILES string of the molecule is N#Cc1c(SC(F)(F)F)ccc(C(=O)O)c1Br. The molecule has 1 N–H and O–H groups in total. The molecule has 0 fully saturated rings. The second-order valence-corrected chi connectivity index (χ2v) is 4.66. The van der Waals surface area contributed by atoms with Crippen LogP contribution in [-0.4, -0.2) is 16.6 Å². The van der Waals surface area contributed by atoms with Crippen molar-refractivity contribution in [2.75, 3.05) is 0 Å². The highest BCUT2D eigenvalue weighted by Gasteiger charge is 2.31. The summed E-state index contributed by atoms with van der Waals surface area (Å²) < 4.78 is 36.4. The van der Waals surface area contributed by atoms with Crippen molar-refractivity contribution >= 4 is 33.7 Å². The number of aromatic carboxylic acids is 1. The highest BCUT2D eigenvalue weighted by atomic mass is 79.9. The van der Waals surface area contributed by atoms with Gasteiger partial charge in [-0.1, -0.05) is 0 Å². The van der Waals surface area contributed by atoms with Gasteiger partial charge in [0.1, 0.15) is 6.07 Å². The quantitative estimate of drug-likeness (QED) is 0.843. The van der Waals surface area contributed by atoms with Crippen LogP contribution in [0.15, 0.2) is 21.5 Å². The fourth-order valence-corrected chi connectivity index (χ4v) is 2.41. The minimum atomic E-state index is -4.53. The van der Waals surface area contributed by atoms with Gasteiger partial charge in [0.15, 0.2) is 0 Å². The smallest absolute Gasteiger partial charge is 0.446 e. The molecule has 17 heavy (non-hydrogen) atoms. The van der Waals surface area contributed by atoms with Crippen molar-refractivity contribution < 1.29 is 23.1 Å². The molecule has 1 aromatic carbocycles. The summed E-state index contributed by atoms with van der Waals surface area (Å²) in [7, 11) is 0. The van der Waals surface area contributed by atoms with Crippen LogP contribution in [0.5, 0.6) is 0 Å². The van der Waals surface area contributed by atoms with E-state index in [2.05, 4.69) is 15.9 Å². The minimum absolute atomic E-state index is 0.151. The topological polar surface area (TPSA) is 61.1 Å². The average molecular weight is 326 g/mol. The van der Waals surface area contributed by atoms with Gasteiger partial charge in [-0.3, -0.25) is 0 Å². The molecule has 0 bridgehead atoms. The summed E-state index contributed by atoms with van der Waals surface area (Å²) >= 11 is 2.36. The van der Waals surface area contributed by atoms with Crippen molar-refractivity contribution in [1.29, 1.82) is 5.26 Å². The monoisotopic (exact) mass is 325 g/mol. The Morgan fingerprint density at radius 2 is 2.06 bits per heavy atom. The summed E-state index contributed by atoms with van der Waals surface area (Å²) in [5, 5.41) is 17.5. The fourth-order valence-electron chi connectivity index (χ4n) is 1.04. The summed E-state index contributed by atoms with van der Waals surface area (Å²) in [6.07, 6.45) is 0. The molecule has 0 atom stereocenters. The van der Waals surface area contributed by atoms with Gasteiger partial charge < -0.3 is 5.11 Å². The summed E-state index contributed by atoms with van der Waals surface area (Å²) in [6, 6.07) is 3.53. The van der Waals surface area contributed by atoms with Crippen LogP contribution >= 0.6 is 27.7 Å². The maximum atomic E-state index is 12.2. The summed E-state index contributed by atoms with van der Waals surface area (Å²) in [4.78, 5) is 10.4. The summed E-state index contributed by atoms with van der Waals surface area (Å²) in [6.45, 7) is 0. The molecular formula is C9H3BrF3NO2S. The van der Waals surface area contributed by atoms with Gasteiger partial charge in [-0.2, -0.15) is 18.4 Å². The third-order valence-corrected chi connectivity index (χ3v) is 3.29. The predicted octanol–water partition coefficient (Wildman–Crippen LogP) is 3.63. The zero-order chi connectivity index (χ0) is 13.2. The predicted molar refractivity (Wildman–Crippen MR) is 57.7 cm³/mol. The molecule has 0 radical (unpaired) electrons. The van der Waals surface area contributed by atoms with Crippen LogP contribution in [0.2, 0.25) is 0 Å². The molecule has 1 aromatic rings. The lowest BCUT2D eigenvalue weighted by atomic mass is 10.1. The van der Waals surface area contributed by atoms with Crippen molar-refractivity contribution in [3.05, 3.63) is 27.7 Å². The van der Waals surface area contributed by atoms with Crippen LogP contribution in [-0.2, 0) is 0 Å². The highest BCUT2D eigenvalue weighted by Crippen LogP contribution is 2.40. The van der Waals surface area contributed by atoms with Crippen molar-refractivity contribution in [2.24, 2.45) is 0 Å². The van der Waals surface area contributed by atoms with Crippen LogP contribution in [0.25, 0.3) is 0 Å². The molecule has 0 spiro atoms. The summed E-state index contributed by atoms with van der Waals surface area (Å²) in [5.74, 6) is -1.32. The number of rotatable bonds is 2. The number of carboxylic acids is 1. The first kappa shape index (κ1) is 13.9. The maximum absolute atomic E-state index is 12.2. The van der Waals surface area contributed by atoms with Gasteiger partial charge in [-0.15, -0.1) is 0 Å².